The Morgan fingerprint density at radius 3 is 2.51 bits per heavy atom. The average molecular weight is 469 g/mol. The number of pyridine rings is 2. The highest BCUT2D eigenvalue weighted by atomic mass is 16.3. The van der Waals surface area contributed by atoms with Crippen LogP contribution in [-0.2, 0) is 7.05 Å². The van der Waals surface area contributed by atoms with Crippen molar-refractivity contribution in [3.05, 3.63) is 83.7 Å². The summed E-state index contributed by atoms with van der Waals surface area (Å²) in [6.07, 6.45) is 7.15. The lowest BCUT2D eigenvalue weighted by molar-refractivity contribution is -0.660. The van der Waals surface area contributed by atoms with Gasteiger partial charge in [0.2, 0.25) is 11.4 Å². The molecule has 0 radical (unpaired) electrons. The summed E-state index contributed by atoms with van der Waals surface area (Å²) >= 11 is 0. The van der Waals surface area contributed by atoms with Crippen LogP contribution in [0.1, 0.15) is 77.6 Å². The van der Waals surface area contributed by atoms with Crippen molar-refractivity contribution < 1.29 is 18.6 Å². The molecule has 1 fully saturated rings. The molecule has 3 aromatic heterocycles. The quantitative estimate of drug-likeness (QED) is 0.249. The topological polar surface area (TPSA) is 29.9 Å². The number of rotatable bonds is 4. The summed E-state index contributed by atoms with van der Waals surface area (Å²) < 4.78 is 64.0. The molecule has 6 rings (SSSR count). The molecule has 0 atom stereocenters. The predicted octanol–water partition coefficient (Wildman–Crippen LogP) is 8.23. The van der Waals surface area contributed by atoms with Gasteiger partial charge in [0, 0.05) is 38.2 Å². The van der Waals surface area contributed by atoms with Crippen LogP contribution in [0.15, 0.2) is 71.3 Å². The molecule has 5 aromatic rings. The summed E-state index contributed by atoms with van der Waals surface area (Å²) in [6.45, 7) is -4.26. The van der Waals surface area contributed by atoms with Gasteiger partial charge in [0.15, 0.2) is 11.8 Å². The van der Waals surface area contributed by atoms with Gasteiger partial charge in [-0.3, -0.25) is 0 Å². The number of hydrogen-bond acceptors (Lipinski definition) is 2. The first-order valence-electron chi connectivity index (χ1n) is 15.7. The van der Waals surface area contributed by atoms with E-state index in [1.54, 1.807) is 6.07 Å². The van der Waals surface area contributed by atoms with Crippen LogP contribution in [0.3, 0.4) is 0 Å². The minimum absolute atomic E-state index is 0.0979. The zero-order valence-electron chi connectivity index (χ0n) is 27.1. The number of benzene rings is 2. The Labute approximate surface area is 217 Å². The fraction of sp³-hybridized carbons (Fsp3) is 0.312. The molecular weight excluding hydrogens is 428 g/mol. The molecule has 0 saturated heterocycles. The molecule has 3 nitrogen and oxygen atoms in total. The minimum atomic E-state index is -3.13. The lowest BCUT2D eigenvalue weighted by atomic mass is 9.94. The van der Waals surface area contributed by atoms with Crippen LogP contribution >= 0.6 is 0 Å². The first-order valence-corrected chi connectivity index (χ1v) is 12.2. The Morgan fingerprint density at radius 2 is 1.74 bits per heavy atom. The molecule has 35 heavy (non-hydrogen) atoms. The predicted molar refractivity (Wildman–Crippen MR) is 144 cm³/mol. The van der Waals surface area contributed by atoms with Crippen molar-refractivity contribution in [1.29, 1.82) is 0 Å². The number of aryl methyl sites for hydroxylation is 2. The Bertz CT molecular complexity index is 1780. The van der Waals surface area contributed by atoms with Crippen molar-refractivity contribution in [3.8, 4) is 22.4 Å². The van der Waals surface area contributed by atoms with E-state index < -0.39 is 19.6 Å². The second kappa shape index (κ2) is 8.64. The van der Waals surface area contributed by atoms with Crippen molar-refractivity contribution >= 4 is 22.1 Å². The van der Waals surface area contributed by atoms with Crippen LogP contribution in [0.5, 0.6) is 0 Å². The second-order valence-corrected chi connectivity index (χ2v) is 9.68. The Balaban J connectivity index is 1.48. The van der Waals surface area contributed by atoms with E-state index in [1.807, 2.05) is 36.9 Å². The summed E-state index contributed by atoms with van der Waals surface area (Å²) in [7, 11) is 1.97. The van der Waals surface area contributed by atoms with Crippen LogP contribution in [0.25, 0.3) is 44.5 Å². The molecule has 0 N–H and O–H groups in total. The third-order valence-corrected chi connectivity index (χ3v) is 7.45. The van der Waals surface area contributed by atoms with Crippen LogP contribution < -0.4 is 4.57 Å². The van der Waals surface area contributed by atoms with Crippen LogP contribution in [0, 0.1) is 6.92 Å². The van der Waals surface area contributed by atoms with Gasteiger partial charge in [-0.05, 0) is 66.0 Å². The van der Waals surface area contributed by atoms with Gasteiger partial charge in [-0.2, -0.15) is 0 Å². The molecule has 0 bridgehead atoms. The lowest BCUT2D eigenvalue weighted by Crippen LogP contribution is -2.30. The van der Waals surface area contributed by atoms with Gasteiger partial charge in [0.05, 0.1) is 5.56 Å². The highest BCUT2D eigenvalue weighted by Crippen LogP contribution is 2.38. The molecule has 1 aliphatic rings. The number of furan rings is 1. The third kappa shape index (κ3) is 3.83. The van der Waals surface area contributed by atoms with Crippen molar-refractivity contribution in [2.24, 2.45) is 7.05 Å². The molecule has 1 saturated carbocycles. The van der Waals surface area contributed by atoms with E-state index in [0.29, 0.717) is 16.9 Å². The standard InChI is InChI=1S/C32H33N2O/c1-20(2)28-16-15-27-26-14-9-21(3)30(31(26)35-32(27)33-28)29-19-25(17-18-34(29)4)24-12-10-23(11-13-24)22-7-5-6-8-22/h9-20,22H,5-8H2,1-4H3/q+1/i1D3,2D3,20D. The van der Waals surface area contributed by atoms with Gasteiger partial charge in [-0.25, -0.2) is 9.55 Å². The van der Waals surface area contributed by atoms with Crippen molar-refractivity contribution in [1.82, 2.24) is 4.98 Å². The molecule has 176 valence electrons. The van der Waals surface area contributed by atoms with Crippen molar-refractivity contribution in [2.45, 2.75) is 58.1 Å². The molecule has 0 spiro atoms. The molecule has 0 amide bonds. The van der Waals surface area contributed by atoms with E-state index in [9.17, 15) is 0 Å². The summed E-state index contributed by atoms with van der Waals surface area (Å²) in [4.78, 5) is 4.33. The SMILES string of the molecule is [2H]C([2H])([2H])C([2H])(c1ccc2c(n1)oc1c(-c3cc(-c4ccc(C5CCCC5)cc4)cc[n+]3C)c(C)ccc12)C([2H])([2H])[2H]. The maximum atomic E-state index is 8.55. The van der Waals surface area contributed by atoms with Crippen molar-refractivity contribution in [3.63, 3.8) is 0 Å². The maximum Gasteiger partial charge on any atom is 0.227 e. The zero-order valence-corrected chi connectivity index (χ0v) is 20.1. The van der Waals surface area contributed by atoms with E-state index in [2.05, 4.69) is 41.4 Å². The molecule has 2 aromatic carbocycles. The highest BCUT2D eigenvalue weighted by Gasteiger charge is 2.22. The summed E-state index contributed by atoms with van der Waals surface area (Å²) in [5.41, 5.74) is 6.66. The first kappa shape index (κ1) is 15.5. The molecular formula is C32H33N2O+. The van der Waals surface area contributed by atoms with Gasteiger partial charge >= 0.3 is 0 Å². The first-order chi connectivity index (χ1) is 19.8. The number of nitrogens with zero attached hydrogens (tertiary/aromatic N) is 2. The normalized spacial score (nSPS) is 18.5. The van der Waals surface area contributed by atoms with Gasteiger partial charge in [0.1, 0.15) is 7.05 Å². The summed E-state index contributed by atoms with van der Waals surface area (Å²) in [6, 6.07) is 20.0. The van der Waals surface area contributed by atoms with Gasteiger partial charge in [-0.15, -0.1) is 0 Å². The Kier molecular flexibility index (Phi) is 3.83. The molecule has 1 aliphatic carbocycles. The van der Waals surface area contributed by atoms with E-state index in [-0.39, 0.29) is 11.4 Å². The van der Waals surface area contributed by atoms with E-state index in [4.69, 9.17) is 14.0 Å². The second-order valence-electron chi connectivity index (χ2n) is 9.68. The van der Waals surface area contributed by atoms with Crippen LogP contribution in [0.2, 0.25) is 0 Å². The largest absolute Gasteiger partial charge is 0.437 e. The Morgan fingerprint density at radius 1 is 0.971 bits per heavy atom. The monoisotopic (exact) mass is 468 g/mol. The minimum Gasteiger partial charge on any atom is -0.437 e. The van der Waals surface area contributed by atoms with E-state index in [1.165, 1.54) is 37.3 Å². The summed E-state index contributed by atoms with van der Waals surface area (Å²) in [5.74, 6) is -2.25. The van der Waals surface area contributed by atoms with E-state index in [0.717, 1.165) is 33.3 Å². The fourth-order valence-electron chi connectivity index (χ4n) is 5.48. The van der Waals surface area contributed by atoms with Crippen LogP contribution in [-0.4, -0.2) is 4.98 Å². The molecule has 3 heterocycles. The Hall–Kier alpha value is -3.46. The zero-order chi connectivity index (χ0) is 30.0. The lowest BCUT2D eigenvalue weighted by Gasteiger charge is -2.11. The number of hydrogen-bond donors (Lipinski definition) is 0. The van der Waals surface area contributed by atoms with E-state index >= 15 is 0 Å². The molecule has 0 aliphatic heterocycles. The fourth-order valence-corrected chi connectivity index (χ4v) is 5.48. The number of fused-ring (bicyclic) bond motifs is 3. The van der Waals surface area contributed by atoms with Gasteiger partial charge in [-0.1, -0.05) is 62.9 Å². The third-order valence-electron chi connectivity index (χ3n) is 7.45. The van der Waals surface area contributed by atoms with Crippen molar-refractivity contribution in [2.75, 3.05) is 0 Å². The highest BCUT2D eigenvalue weighted by molar-refractivity contribution is 6.08. The number of aromatic nitrogens is 2. The van der Waals surface area contributed by atoms with Gasteiger partial charge < -0.3 is 4.42 Å². The summed E-state index contributed by atoms with van der Waals surface area (Å²) in [5, 5.41) is 1.39. The maximum absolute atomic E-state index is 8.55. The van der Waals surface area contributed by atoms with Crippen LogP contribution in [0.4, 0.5) is 0 Å². The molecule has 0 unspecified atom stereocenters. The molecule has 3 heteroatoms. The smallest absolute Gasteiger partial charge is 0.227 e. The van der Waals surface area contributed by atoms with Gasteiger partial charge in [0.25, 0.3) is 0 Å². The average Bonchev–Trinajstić information content (AvgIpc) is 3.60.